The van der Waals surface area contributed by atoms with Crippen LogP contribution in [0.25, 0.3) is 0 Å². The van der Waals surface area contributed by atoms with E-state index in [-0.39, 0.29) is 17.1 Å². The second kappa shape index (κ2) is 13.1. The fourth-order valence-electron chi connectivity index (χ4n) is 1.30. The average molecular weight is 341 g/mol. The monoisotopic (exact) mass is 340 g/mol. The molecule has 0 fully saturated rings. The first-order valence-electron chi connectivity index (χ1n) is 5.70. The Morgan fingerprint density at radius 3 is 1.94 bits per heavy atom. The fraction of sp³-hybridized carbons (Fsp3) is 0.375. The standard InChI is InChI=1S/C11H12Br.C5H.Fe/c12-10-6-2-1-3-7-11-8-4-5-9-11;1-2-4-5-3-1;/h1-3,6-7,10H2;1H;/q2*-5;+2. The van der Waals surface area contributed by atoms with E-state index in [0.717, 1.165) is 17.3 Å². The van der Waals surface area contributed by atoms with Crippen molar-refractivity contribution in [3.05, 3.63) is 60.2 Å². The summed E-state index contributed by atoms with van der Waals surface area (Å²) >= 11 is 3.42. The quantitative estimate of drug-likeness (QED) is 0.325. The minimum atomic E-state index is 0. The smallest absolute Gasteiger partial charge is 0.999 e. The van der Waals surface area contributed by atoms with Gasteiger partial charge in [0.25, 0.3) is 0 Å². The molecule has 0 radical (unpaired) electrons. The molecule has 0 aliphatic heterocycles. The van der Waals surface area contributed by atoms with Gasteiger partial charge in [0.1, 0.15) is 0 Å². The van der Waals surface area contributed by atoms with E-state index >= 15 is 0 Å². The second-order valence-corrected chi connectivity index (χ2v) is 4.31. The molecule has 0 spiro atoms. The molecular formula is C16H13BrFe-8. The van der Waals surface area contributed by atoms with Crippen LogP contribution in [-0.2, 0) is 23.5 Å². The van der Waals surface area contributed by atoms with Crippen molar-refractivity contribution in [1.82, 2.24) is 0 Å². The Bertz CT molecular complexity index is 307. The molecule has 0 bridgehead atoms. The molecule has 0 nitrogen and oxygen atoms in total. The number of alkyl halides is 1. The van der Waals surface area contributed by atoms with Gasteiger partial charge in [0.05, 0.1) is 0 Å². The van der Waals surface area contributed by atoms with E-state index in [9.17, 15) is 0 Å². The zero-order valence-corrected chi connectivity index (χ0v) is 12.7. The van der Waals surface area contributed by atoms with Crippen LogP contribution in [0.2, 0.25) is 0 Å². The fourth-order valence-corrected chi connectivity index (χ4v) is 1.70. The van der Waals surface area contributed by atoms with Crippen molar-refractivity contribution in [2.75, 3.05) is 5.33 Å². The Kier molecular flexibility index (Phi) is 12.9. The number of hydrogen-bond acceptors (Lipinski definition) is 0. The maximum absolute atomic E-state index is 3.42. The third-order valence-corrected chi connectivity index (χ3v) is 2.71. The van der Waals surface area contributed by atoms with Gasteiger partial charge in [-0.1, -0.05) is 35.2 Å². The minimum absolute atomic E-state index is 0. The van der Waals surface area contributed by atoms with Gasteiger partial charge in [-0.3, -0.25) is 0 Å². The molecule has 0 aromatic heterocycles. The molecule has 0 atom stereocenters. The summed E-state index contributed by atoms with van der Waals surface area (Å²) in [7, 11) is 0. The van der Waals surface area contributed by atoms with Gasteiger partial charge in [-0.05, 0) is 6.42 Å². The maximum Gasteiger partial charge on any atom is 2.00 e. The van der Waals surface area contributed by atoms with E-state index in [1.807, 2.05) is 0 Å². The summed E-state index contributed by atoms with van der Waals surface area (Å²) < 4.78 is 0. The Labute approximate surface area is 130 Å². The zero-order valence-electron chi connectivity index (χ0n) is 10.1. The summed E-state index contributed by atoms with van der Waals surface area (Å²) in [4.78, 5) is 0. The van der Waals surface area contributed by atoms with E-state index in [0.29, 0.717) is 0 Å². The summed E-state index contributed by atoms with van der Waals surface area (Å²) in [5, 5.41) is 1.13. The van der Waals surface area contributed by atoms with Crippen LogP contribution in [0.5, 0.6) is 0 Å². The van der Waals surface area contributed by atoms with E-state index in [1.165, 1.54) is 25.7 Å². The first-order chi connectivity index (χ1) is 8.43. The molecule has 0 saturated heterocycles. The Balaban J connectivity index is 0.000000405. The summed E-state index contributed by atoms with van der Waals surface area (Å²) in [5.41, 5.74) is 1.13. The molecule has 2 heteroatoms. The molecule has 0 aliphatic carbocycles. The van der Waals surface area contributed by atoms with Gasteiger partial charge in [-0.15, -0.1) is 0 Å². The van der Waals surface area contributed by atoms with E-state index < -0.39 is 0 Å². The van der Waals surface area contributed by atoms with Crippen LogP contribution in [0.15, 0.2) is 6.07 Å². The van der Waals surface area contributed by atoms with E-state index in [2.05, 4.69) is 64.5 Å². The van der Waals surface area contributed by atoms with Crippen molar-refractivity contribution in [1.29, 1.82) is 0 Å². The average Bonchev–Trinajstić information content (AvgIpc) is 3.05. The summed E-state index contributed by atoms with van der Waals surface area (Å²) in [6, 6.07) is 23.5. The summed E-state index contributed by atoms with van der Waals surface area (Å²) in [5.74, 6) is 0. The molecule has 2 rings (SSSR count). The zero-order chi connectivity index (χ0) is 12.2. The summed E-state index contributed by atoms with van der Waals surface area (Å²) in [6.45, 7) is 0. The predicted octanol–water partition coefficient (Wildman–Crippen LogP) is 3.71. The van der Waals surface area contributed by atoms with Crippen molar-refractivity contribution < 1.29 is 17.1 Å². The Morgan fingerprint density at radius 2 is 1.44 bits per heavy atom. The topological polar surface area (TPSA) is 0 Å². The molecule has 0 amide bonds. The first-order valence-corrected chi connectivity index (χ1v) is 6.82. The molecule has 18 heavy (non-hydrogen) atoms. The molecule has 2 aromatic rings. The van der Waals surface area contributed by atoms with Crippen LogP contribution in [-0.4, -0.2) is 5.33 Å². The number of rotatable bonds is 6. The van der Waals surface area contributed by atoms with Crippen molar-refractivity contribution >= 4 is 15.9 Å². The first kappa shape index (κ1) is 17.7. The van der Waals surface area contributed by atoms with E-state index in [1.54, 1.807) is 6.07 Å². The van der Waals surface area contributed by atoms with Crippen LogP contribution >= 0.6 is 15.9 Å². The van der Waals surface area contributed by atoms with Gasteiger partial charge in [-0.25, -0.2) is 6.42 Å². The Morgan fingerprint density at radius 1 is 0.833 bits per heavy atom. The molecule has 0 aliphatic rings. The van der Waals surface area contributed by atoms with Crippen molar-refractivity contribution in [3.8, 4) is 0 Å². The molecule has 0 N–H and O–H groups in total. The SMILES string of the molecule is BrCCCCCC[c-]1[c-][c-][c-][c-]1.[Fe+2].[c-]1[c-][c-][cH-][c-]1. The van der Waals surface area contributed by atoms with Gasteiger partial charge >= 0.3 is 17.1 Å². The van der Waals surface area contributed by atoms with Crippen LogP contribution in [0.4, 0.5) is 0 Å². The summed E-state index contributed by atoms with van der Waals surface area (Å²) in [6.07, 6.45) is 6.23. The maximum atomic E-state index is 3.42. The van der Waals surface area contributed by atoms with Gasteiger partial charge in [0.15, 0.2) is 0 Å². The molecule has 0 heterocycles. The third-order valence-electron chi connectivity index (χ3n) is 2.15. The van der Waals surface area contributed by atoms with Crippen LogP contribution in [0.1, 0.15) is 31.2 Å². The normalized spacial score (nSPS) is 9.17. The number of aryl methyl sites for hydroxylation is 1. The minimum Gasteiger partial charge on any atom is -0.999 e. The van der Waals surface area contributed by atoms with Crippen LogP contribution < -0.4 is 0 Å². The van der Waals surface area contributed by atoms with E-state index in [4.69, 9.17) is 0 Å². The Hall–Kier alpha value is -0.301. The number of unbranched alkanes of at least 4 members (excludes halogenated alkanes) is 3. The molecular weight excluding hydrogens is 328 g/mol. The molecule has 100 valence electrons. The van der Waals surface area contributed by atoms with Gasteiger partial charge < -0.3 is 60.2 Å². The molecule has 2 aromatic carbocycles. The predicted molar refractivity (Wildman–Crippen MR) is 70.7 cm³/mol. The second-order valence-electron chi connectivity index (χ2n) is 3.51. The van der Waals surface area contributed by atoms with Gasteiger partial charge in [0, 0.05) is 5.33 Å². The van der Waals surface area contributed by atoms with Crippen molar-refractivity contribution in [3.63, 3.8) is 0 Å². The molecule has 0 saturated carbocycles. The van der Waals surface area contributed by atoms with Crippen molar-refractivity contribution in [2.24, 2.45) is 0 Å². The van der Waals surface area contributed by atoms with Gasteiger partial charge in [-0.2, -0.15) is 0 Å². The number of halogens is 1. The van der Waals surface area contributed by atoms with Crippen molar-refractivity contribution in [2.45, 2.75) is 32.1 Å². The van der Waals surface area contributed by atoms with Gasteiger partial charge in [0.2, 0.25) is 0 Å². The molecule has 0 unspecified atom stereocenters. The van der Waals surface area contributed by atoms with Crippen LogP contribution in [0.3, 0.4) is 0 Å². The number of hydrogen-bond donors (Lipinski definition) is 0. The largest absolute Gasteiger partial charge is 2.00 e. The third kappa shape index (κ3) is 9.70. The van der Waals surface area contributed by atoms with Crippen LogP contribution in [0, 0.1) is 48.5 Å².